The molecule has 0 aliphatic carbocycles. The number of anilines is 1. The number of ether oxygens (including phenoxy) is 1. The average molecular weight is 445 g/mol. The molecule has 8 nitrogen and oxygen atoms in total. The number of nitrogens with two attached hydrogens (primary N) is 1. The normalized spacial score (nSPS) is 17.5. The summed E-state index contributed by atoms with van der Waals surface area (Å²) in [6.07, 6.45) is 2.51. The van der Waals surface area contributed by atoms with Gasteiger partial charge in [-0.15, -0.1) is 0 Å². The van der Waals surface area contributed by atoms with E-state index in [1.165, 1.54) is 6.20 Å². The third-order valence-electron chi connectivity index (χ3n) is 5.30. The zero-order valence-electron chi connectivity index (χ0n) is 18.0. The number of hydrogen-bond donors (Lipinski definition) is 2. The fourth-order valence-corrected chi connectivity index (χ4v) is 3.01. The van der Waals surface area contributed by atoms with Crippen LogP contribution in [0.25, 0.3) is 6.08 Å². The first-order valence-corrected chi connectivity index (χ1v) is 10.2. The van der Waals surface area contributed by atoms with Gasteiger partial charge in [0.15, 0.2) is 5.15 Å². The van der Waals surface area contributed by atoms with Crippen molar-refractivity contribution in [2.45, 2.75) is 45.5 Å². The van der Waals surface area contributed by atoms with E-state index in [1.807, 2.05) is 58.0 Å². The largest absolute Gasteiger partial charge is 0.492 e. The maximum Gasteiger partial charge on any atom is 0.492 e. The van der Waals surface area contributed by atoms with Crippen molar-refractivity contribution < 1.29 is 18.8 Å². The minimum Gasteiger partial charge on any atom is -0.445 e. The summed E-state index contributed by atoms with van der Waals surface area (Å²) in [6.45, 7) is 8.05. The molecule has 10 heteroatoms. The van der Waals surface area contributed by atoms with Crippen LogP contribution >= 0.6 is 11.6 Å². The van der Waals surface area contributed by atoms with E-state index in [2.05, 4.69) is 15.3 Å². The van der Waals surface area contributed by atoms with E-state index >= 15 is 0 Å². The van der Waals surface area contributed by atoms with E-state index in [0.29, 0.717) is 11.2 Å². The van der Waals surface area contributed by atoms with Crippen molar-refractivity contribution >= 4 is 36.7 Å². The van der Waals surface area contributed by atoms with Gasteiger partial charge >= 0.3 is 13.2 Å². The molecule has 31 heavy (non-hydrogen) atoms. The van der Waals surface area contributed by atoms with E-state index in [9.17, 15) is 4.79 Å². The van der Waals surface area contributed by atoms with Crippen LogP contribution in [0.4, 0.5) is 10.6 Å². The molecule has 3 N–H and O–H groups in total. The van der Waals surface area contributed by atoms with E-state index in [-0.39, 0.29) is 24.1 Å². The summed E-state index contributed by atoms with van der Waals surface area (Å²) in [5.74, 6) is 0.210. The van der Waals surface area contributed by atoms with Crippen LogP contribution in [0.5, 0.6) is 0 Å². The summed E-state index contributed by atoms with van der Waals surface area (Å²) >= 11 is 6.18. The van der Waals surface area contributed by atoms with Gasteiger partial charge in [0.2, 0.25) is 0 Å². The van der Waals surface area contributed by atoms with Crippen molar-refractivity contribution in [3.05, 3.63) is 58.4 Å². The highest BCUT2D eigenvalue weighted by atomic mass is 35.5. The van der Waals surface area contributed by atoms with Gasteiger partial charge in [-0.1, -0.05) is 41.9 Å². The van der Waals surface area contributed by atoms with Crippen LogP contribution in [0.2, 0.25) is 5.15 Å². The number of amides is 1. The fraction of sp³-hybridized carbons (Fsp3) is 0.381. The molecular formula is C21H26BClN4O4. The van der Waals surface area contributed by atoms with Gasteiger partial charge in [0, 0.05) is 6.54 Å². The van der Waals surface area contributed by atoms with Crippen molar-refractivity contribution in [2.24, 2.45) is 0 Å². The Bertz CT molecular complexity index is 953. The summed E-state index contributed by atoms with van der Waals surface area (Å²) in [6, 6.07) is 9.42. The first-order valence-electron chi connectivity index (χ1n) is 9.86. The number of rotatable bonds is 6. The van der Waals surface area contributed by atoms with Gasteiger partial charge in [-0.3, -0.25) is 0 Å². The Balaban J connectivity index is 1.74. The molecule has 1 saturated heterocycles. The standard InChI is InChI=1S/C21H26BClN4O4/c1-20(2)21(3,4)31-22(30-20)15(10-16-18(23)27-17(24)12-25-16)11-26-19(28)29-13-14-8-6-5-7-9-14/h5-10,12H,11,13H2,1-4H3,(H2,24,27)(H,26,28). The van der Waals surface area contributed by atoms with Gasteiger partial charge in [-0.05, 0) is 44.8 Å². The highest BCUT2D eigenvalue weighted by Gasteiger charge is 2.52. The Morgan fingerprint density at radius 1 is 1.23 bits per heavy atom. The quantitative estimate of drug-likeness (QED) is 0.654. The van der Waals surface area contributed by atoms with Crippen molar-refractivity contribution in [1.29, 1.82) is 0 Å². The third kappa shape index (κ3) is 5.75. The lowest BCUT2D eigenvalue weighted by Gasteiger charge is -2.32. The predicted octanol–water partition coefficient (Wildman–Crippen LogP) is 3.65. The first-order chi connectivity index (χ1) is 14.6. The lowest BCUT2D eigenvalue weighted by molar-refractivity contribution is 0.00578. The van der Waals surface area contributed by atoms with E-state index in [1.54, 1.807) is 6.08 Å². The number of carbonyl (C=O) groups is 1. The Morgan fingerprint density at radius 3 is 2.48 bits per heavy atom. The second-order valence-corrected chi connectivity index (χ2v) is 8.55. The number of benzene rings is 1. The smallest absolute Gasteiger partial charge is 0.445 e. The number of nitrogens with zero attached hydrogens (tertiary/aromatic N) is 2. The highest BCUT2D eigenvalue weighted by molar-refractivity contribution is 6.56. The van der Waals surface area contributed by atoms with Gasteiger partial charge in [-0.2, -0.15) is 0 Å². The summed E-state index contributed by atoms with van der Waals surface area (Å²) in [4.78, 5) is 20.5. The first kappa shape index (κ1) is 23.1. The zero-order valence-corrected chi connectivity index (χ0v) is 18.8. The molecule has 1 aromatic heterocycles. The number of nitrogens with one attached hydrogen (secondary N) is 1. The summed E-state index contributed by atoms with van der Waals surface area (Å²) in [5.41, 5.74) is 6.41. The topological polar surface area (TPSA) is 109 Å². The van der Waals surface area contributed by atoms with Crippen LogP contribution in [-0.2, 0) is 20.7 Å². The van der Waals surface area contributed by atoms with Crippen molar-refractivity contribution in [1.82, 2.24) is 15.3 Å². The molecule has 0 unspecified atom stereocenters. The molecule has 1 aliphatic heterocycles. The third-order valence-corrected chi connectivity index (χ3v) is 5.58. The van der Waals surface area contributed by atoms with Crippen LogP contribution in [0.15, 0.2) is 42.0 Å². The minimum atomic E-state index is -0.713. The second-order valence-electron chi connectivity index (χ2n) is 8.19. The molecule has 1 amide bonds. The average Bonchev–Trinajstić information content (AvgIpc) is 2.93. The van der Waals surface area contributed by atoms with Crippen LogP contribution in [0.3, 0.4) is 0 Å². The molecule has 3 rings (SSSR count). The molecule has 2 aromatic rings. The predicted molar refractivity (Wildman–Crippen MR) is 120 cm³/mol. The van der Waals surface area contributed by atoms with Crippen molar-refractivity contribution in [3.63, 3.8) is 0 Å². The van der Waals surface area contributed by atoms with Gasteiger partial charge < -0.3 is 25.1 Å². The summed E-state index contributed by atoms with van der Waals surface area (Å²) < 4.78 is 17.5. The molecule has 1 fully saturated rings. The monoisotopic (exact) mass is 444 g/mol. The highest BCUT2D eigenvalue weighted by Crippen LogP contribution is 2.38. The Labute approximate surface area is 187 Å². The Kier molecular flexibility index (Phi) is 6.88. The molecular weight excluding hydrogens is 419 g/mol. The number of hydrogen-bond acceptors (Lipinski definition) is 7. The SMILES string of the molecule is CC1(C)OB(C(=Cc2ncc(N)nc2Cl)CNC(=O)OCc2ccccc2)OC1(C)C. The van der Waals surface area contributed by atoms with Gasteiger partial charge in [0.05, 0.1) is 23.1 Å². The molecule has 0 spiro atoms. The van der Waals surface area contributed by atoms with E-state index in [0.717, 1.165) is 5.56 Å². The number of alkyl carbamates (subject to hydrolysis) is 1. The lowest BCUT2D eigenvalue weighted by Crippen LogP contribution is -2.41. The molecule has 0 saturated carbocycles. The molecule has 0 bridgehead atoms. The van der Waals surface area contributed by atoms with Crippen LogP contribution in [-0.4, -0.2) is 40.9 Å². The fourth-order valence-electron chi connectivity index (χ4n) is 2.81. The van der Waals surface area contributed by atoms with E-state index in [4.69, 9.17) is 31.4 Å². The number of carbonyl (C=O) groups excluding carboxylic acids is 1. The maximum atomic E-state index is 12.2. The van der Waals surface area contributed by atoms with Crippen molar-refractivity contribution in [3.8, 4) is 0 Å². The second kappa shape index (κ2) is 9.26. The number of nitrogen functional groups attached to an aromatic ring is 1. The van der Waals surface area contributed by atoms with Gasteiger partial charge in [-0.25, -0.2) is 14.8 Å². The molecule has 1 aromatic carbocycles. The number of halogens is 1. The summed E-state index contributed by atoms with van der Waals surface area (Å²) in [5, 5.41) is 2.87. The minimum absolute atomic E-state index is 0.104. The molecule has 2 heterocycles. The summed E-state index contributed by atoms with van der Waals surface area (Å²) in [7, 11) is -0.713. The Morgan fingerprint density at radius 2 is 1.87 bits per heavy atom. The molecule has 1 aliphatic rings. The van der Waals surface area contributed by atoms with Crippen LogP contribution in [0, 0.1) is 0 Å². The van der Waals surface area contributed by atoms with Crippen LogP contribution in [0.1, 0.15) is 39.0 Å². The van der Waals surface area contributed by atoms with Crippen molar-refractivity contribution in [2.75, 3.05) is 12.3 Å². The lowest BCUT2D eigenvalue weighted by atomic mass is 9.77. The Hall–Kier alpha value is -2.62. The molecule has 164 valence electrons. The molecule has 0 radical (unpaired) electrons. The van der Waals surface area contributed by atoms with Gasteiger partial charge in [0.1, 0.15) is 12.4 Å². The molecule has 0 atom stereocenters. The number of aromatic nitrogens is 2. The van der Waals surface area contributed by atoms with E-state index < -0.39 is 24.4 Å². The maximum absolute atomic E-state index is 12.2. The van der Waals surface area contributed by atoms with Gasteiger partial charge in [0.25, 0.3) is 0 Å². The zero-order chi connectivity index (χ0) is 22.6. The van der Waals surface area contributed by atoms with Crippen LogP contribution < -0.4 is 11.1 Å².